The third-order valence-electron chi connectivity index (χ3n) is 4.02. The lowest BCUT2D eigenvalue weighted by molar-refractivity contribution is 0.439. The molecule has 0 spiro atoms. The van der Waals surface area contributed by atoms with Gasteiger partial charge in [0.25, 0.3) is 0 Å². The average Bonchev–Trinajstić information content (AvgIpc) is 2.97. The number of hydrogen-bond donors (Lipinski definition) is 1. The summed E-state index contributed by atoms with van der Waals surface area (Å²) >= 11 is 0. The quantitative estimate of drug-likeness (QED) is 0.802. The van der Waals surface area contributed by atoms with E-state index >= 15 is 0 Å². The topological polar surface area (TPSA) is 68.5 Å². The van der Waals surface area contributed by atoms with Gasteiger partial charge in [-0.3, -0.25) is 4.98 Å². The molecule has 1 aliphatic heterocycles. The number of nitrogens with one attached hydrogen (secondary N) is 1. The van der Waals surface area contributed by atoms with E-state index in [9.17, 15) is 0 Å². The van der Waals surface area contributed by atoms with E-state index in [1.807, 2.05) is 28.9 Å². The maximum Gasteiger partial charge on any atom is 0.150 e. The molecule has 1 aromatic carbocycles. The molecule has 1 atom stereocenters. The van der Waals surface area contributed by atoms with Crippen LogP contribution in [0, 0.1) is 0 Å². The van der Waals surface area contributed by atoms with Crippen LogP contribution in [0.2, 0.25) is 0 Å². The van der Waals surface area contributed by atoms with Crippen molar-refractivity contribution < 1.29 is 0 Å². The third kappa shape index (κ3) is 2.41. The molecule has 3 aromatic rings. The van der Waals surface area contributed by atoms with Crippen molar-refractivity contribution in [2.75, 3.05) is 5.32 Å². The summed E-state index contributed by atoms with van der Waals surface area (Å²) in [5.41, 5.74) is 1.83. The molecule has 0 aliphatic carbocycles. The van der Waals surface area contributed by atoms with Crippen molar-refractivity contribution in [3.8, 4) is 0 Å². The van der Waals surface area contributed by atoms with Crippen LogP contribution in [-0.4, -0.2) is 30.8 Å². The molecule has 112 valence electrons. The van der Waals surface area contributed by atoms with Gasteiger partial charge in [0.15, 0.2) is 5.82 Å². The van der Waals surface area contributed by atoms with Gasteiger partial charge in [-0.1, -0.05) is 19.1 Å². The minimum atomic E-state index is 0.314. The van der Waals surface area contributed by atoms with Crippen LogP contribution in [0.3, 0.4) is 0 Å². The van der Waals surface area contributed by atoms with Crippen molar-refractivity contribution in [2.45, 2.75) is 38.8 Å². The Labute approximate surface area is 128 Å². The molecule has 0 saturated heterocycles. The number of anilines is 1. The summed E-state index contributed by atoms with van der Waals surface area (Å²) in [5, 5.41) is 8.02. The van der Waals surface area contributed by atoms with Gasteiger partial charge in [0.1, 0.15) is 11.6 Å². The van der Waals surface area contributed by atoms with Crippen molar-refractivity contribution in [1.29, 1.82) is 0 Å². The molecule has 1 N–H and O–H groups in total. The molecule has 0 amide bonds. The highest BCUT2D eigenvalue weighted by Crippen LogP contribution is 2.18. The molecule has 0 saturated carbocycles. The highest BCUT2D eigenvalue weighted by atomic mass is 15.4. The molecular weight excluding hydrogens is 276 g/mol. The van der Waals surface area contributed by atoms with Crippen molar-refractivity contribution >= 4 is 16.9 Å². The van der Waals surface area contributed by atoms with E-state index in [0.29, 0.717) is 6.04 Å². The summed E-state index contributed by atoms with van der Waals surface area (Å²) in [5.74, 6) is 2.85. The fourth-order valence-corrected chi connectivity index (χ4v) is 2.86. The molecule has 1 aliphatic rings. The van der Waals surface area contributed by atoms with Crippen LogP contribution in [0.25, 0.3) is 11.0 Å². The Bertz CT molecular complexity index is 809. The Morgan fingerprint density at radius 1 is 1.23 bits per heavy atom. The normalized spacial score (nSPS) is 17.4. The molecule has 0 radical (unpaired) electrons. The first-order chi connectivity index (χ1) is 10.8. The summed E-state index contributed by atoms with van der Waals surface area (Å²) in [6, 6.07) is 8.23. The van der Waals surface area contributed by atoms with Crippen LogP contribution in [0.4, 0.5) is 5.82 Å². The van der Waals surface area contributed by atoms with Gasteiger partial charge in [-0.05, 0) is 18.6 Å². The first-order valence-corrected chi connectivity index (χ1v) is 7.73. The smallest absolute Gasteiger partial charge is 0.150 e. The van der Waals surface area contributed by atoms with Gasteiger partial charge >= 0.3 is 0 Å². The predicted octanol–water partition coefficient (Wildman–Crippen LogP) is 2.21. The lowest BCUT2D eigenvalue weighted by Gasteiger charge is -2.23. The predicted molar refractivity (Wildman–Crippen MR) is 84.7 cm³/mol. The SMILES string of the molecule is CCc1nc2n(n1)CC(Nc1cnc3ccccc3n1)CC2. The van der Waals surface area contributed by atoms with E-state index in [1.54, 1.807) is 6.20 Å². The first kappa shape index (κ1) is 13.2. The van der Waals surface area contributed by atoms with Gasteiger partial charge in [-0.2, -0.15) is 5.10 Å². The number of fused-ring (bicyclic) bond motifs is 2. The molecule has 6 heteroatoms. The molecule has 1 unspecified atom stereocenters. The average molecular weight is 294 g/mol. The van der Waals surface area contributed by atoms with E-state index in [0.717, 1.165) is 54.3 Å². The number of aryl methyl sites for hydroxylation is 2. The summed E-state index contributed by atoms with van der Waals surface area (Å²) < 4.78 is 2.02. The Morgan fingerprint density at radius 3 is 2.95 bits per heavy atom. The monoisotopic (exact) mass is 294 g/mol. The van der Waals surface area contributed by atoms with Crippen molar-refractivity contribution in [1.82, 2.24) is 24.7 Å². The molecule has 2 aromatic heterocycles. The number of nitrogens with zero attached hydrogens (tertiary/aromatic N) is 5. The number of aromatic nitrogens is 5. The molecular formula is C16H18N6. The van der Waals surface area contributed by atoms with Crippen molar-refractivity contribution in [3.63, 3.8) is 0 Å². The van der Waals surface area contributed by atoms with Crippen LogP contribution in [-0.2, 0) is 19.4 Å². The second-order valence-corrected chi connectivity index (χ2v) is 5.60. The van der Waals surface area contributed by atoms with Crippen LogP contribution < -0.4 is 5.32 Å². The largest absolute Gasteiger partial charge is 0.364 e. The highest BCUT2D eigenvalue weighted by Gasteiger charge is 2.21. The summed E-state index contributed by atoms with van der Waals surface area (Å²) in [7, 11) is 0. The van der Waals surface area contributed by atoms with E-state index in [1.165, 1.54) is 0 Å². The molecule has 0 fully saturated rings. The number of para-hydroxylation sites is 2. The Balaban J connectivity index is 1.53. The van der Waals surface area contributed by atoms with Gasteiger partial charge < -0.3 is 5.32 Å². The second-order valence-electron chi connectivity index (χ2n) is 5.60. The van der Waals surface area contributed by atoms with Gasteiger partial charge in [-0.15, -0.1) is 0 Å². The van der Waals surface area contributed by atoms with E-state index in [2.05, 4.69) is 32.3 Å². The van der Waals surface area contributed by atoms with Gasteiger partial charge in [-0.25, -0.2) is 14.6 Å². The summed E-state index contributed by atoms with van der Waals surface area (Å²) in [6.45, 7) is 2.92. The fourth-order valence-electron chi connectivity index (χ4n) is 2.86. The summed E-state index contributed by atoms with van der Waals surface area (Å²) in [6.07, 6.45) is 4.67. The Morgan fingerprint density at radius 2 is 2.09 bits per heavy atom. The zero-order chi connectivity index (χ0) is 14.9. The maximum absolute atomic E-state index is 4.63. The number of hydrogen-bond acceptors (Lipinski definition) is 5. The molecule has 22 heavy (non-hydrogen) atoms. The highest BCUT2D eigenvalue weighted by molar-refractivity contribution is 5.75. The molecule has 0 bridgehead atoms. The van der Waals surface area contributed by atoms with Gasteiger partial charge in [0.2, 0.25) is 0 Å². The summed E-state index contributed by atoms with van der Waals surface area (Å²) in [4.78, 5) is 13.6. The number of rotatable bonds is 3. The minimum absolute atomic E-state index is 0.314. The van der Waals surface area contributed by atoms with E-state index in [4.69, 9.17) is 0 Å². The second kappa shape index (κ2) is 5.36. The van der Waals surface area contributed by atoms with Crippen LogP contribution in [0.15, 0.2) is 30.5 Å². The van der Waals surface area contributed by atoms with Gasteiger partial charge in [0.05, 0.1) is 23.8 Å². The molecule has 4 rings (SSSR count). The standard InChI is InChI=1S/C16H18N6/c1-2-14-20-16-8-7-11(10-22(16)21-14)18-15-9-17-12-5-3-4-6-13(12)19-15/h3-6,9,11H,2,7-8,10H2,1H3,(H,18,19). The van der Waals surface area contributed by atoms with Crippen LogP contribution in [0.1, 0.15) is 25.0 Å². The zero-order valence-electron chi connectivity index (χ0n) is 12.5. The molecule has 6 nitrogen and oxygen atoms in total. The Hall–Kier alpha value is -2.50. The molecule has 3 heterocycles. The van der Waals surface area contributed by atoms with Crippen molar-refractivity contribution in [2.24, 2.45) is 0 Å². The van der Waals surface area contributed by atoms with E-state index < -0.39 is 0 Å². The fraction of sp³-hybridized carbons (Fsp3) is 0.375. The zero-order valence-corrected chi connectivity index (χ0v) is 12.5. The Kier molecular flexibility index (Phi) is 3.21. The first-order valence-electron chi connectivity index (χ1n) is 7.73. The minimum Gasteiger partial charge on any atom is -0.364 e. The maximum atomic E-state index is 4.63. The lowest BCUT2D eigenvalue weighted by Crippen LogP contribution is -2.32. The number of benzene rings is 1. The van der Waals surface area contributed by atoms with Crippen LogP contribution >= 0.6 is 0 Å². The van der Waals surface area contributed by atoms with E-state index in [-0.39, 0.29) is 0 Å². The van der Waals surface area contributed by atoms with Gasteiger partial charge in [0, 0.05) is 18.9 Å². The van der Waals surface area contributed by atoms with Crippen molar-refractivity contribution in [3.05, 3.63) is 42.1 Å². The van der Waals surface area contributed by atoms with Crippen LogP contribution in [0.5, 0.6) is 0 Å². The third-order valence-corrected chi connectivity index (χ3v) is 4.02. The lowest BCUT2D eigenvalue weighted by atomic mass is 10.1.